The van der Waals surface area contributed by atoms with Crippen molar-refractivity contribution < 1.29 is 23.8 Å². The van der Waals surface area contributed by atoms with Crippen molar-refractivity contribution in [2.24, 2.45) is 0 Å². The molecule has 0 saturated carbocycles. The fourth-order valence-corrected chi connectivity index (χ4v) is 4.51. The number of hydrogen-bond donors (Lipinski definition) is 0. The Balaban J connectivity index is 1.39. The number of hydrogen-bond acceptors (Lipinski definition) is 8. The first-order valence-corrected chi connectivity index (χ1v) is 13.0. The van der Waals surface area contributed by atoms with Crippen molar-refractivity contribution in [3.05, 3.63) is 89.1 Å². The molecular formula is C25H20ClIN4O5. The van der Waals surface area contributed by atoms with E-state index in [1.54, 1.807) is 59.4 Å². The van der Waals surface area contributed by atoms with Crippen LogP contribution in [0.4, 0.5) is 0 Å². The molecule has 2 aromatic heterocycles. The predicted octanol–water partition coefficient (Wildman–Crippen LogP) is 4.78. The molecule has 2 aromatic carbocycles. The average molecular weight is 619 g/mol. The second-order valence-electron chi connectivity index (χ2n) is 8.03. The van der Waals surface area contributed by atoms with Crippen molar-refractivity contribution in [1.82, 2.24) is 19.5 Å². The number of imidazole rings is 1. The summed E-state index contributed by atoms with van der Waals surface area (Å²) in [7, 11) is 0. The summed E-state index contributed by atoms with van der Waals surface area (Å²) >= 11 is 8.46. The predicted molar refractivity (Wildman–Crippen MR) is 139 cm³/mol. The van der Waals surface area contributed by atoms with E-state index in [2.05, 4.69) is 37.5 Å². The number of esters is 2. The first-order chi connectivity index (χ1) is 17.5. The number of ether oxygens (including phenoxy) is 3. The number of carbonyl (C=O) groups excluding carboxylic acids is 2. The fraction of sp³-hybridized carbons (Fsp3) is 0.240. The molecule has 11 heteroatoms. The van der Waals surface area contributed by atoms with E-state index in [9.17, 15) is 9.59 Å². The van der Waals surface area contributed by atoms with Gasteiger partial charge in [-0.3, -0.25) is 4.57 Å². The van der Waals surface area contributed by atoms with Gasteiger partial charge in [-0.2, -0.15) is 0 Å². The van der Waals surface area contributed by atoms with Gasteiger partial charge in [0.25, 0.3) is 0 Å². The van der Waals surface area contributed by atoms with Gasteiger partial charge < -0.3 is 14.2 Å². The molecule has 1 saturated heterocycles. The van der Waals surface area contributed by atoms with E-state index >= 15 is 0 Å². The molecule has 1 aliphatic heterocycles. The first-order valence-electron chi connectivity index (χ1n) is 11.1. The van der Waals surface area contributed by atoms with Crippen molar-refractivity contribution >= 4 is 57.3 Å². The van der Waals surface area contributed by atoms with E-state index < -0.39 is 30.4 Å². The SMILES string of the molecule is O=C(OC[C@H]1O[C@@H](n2cnc3c(Cl)nc(CI)nc32)C[C@H]1OC(=O)c1ccccc1)c1ccccc1. The van der Waals surface area contributed by atoms with E-state index in [0.717, 1.165) is 0 Å². The molecule has 184 valence electrons. The molecule has 0 aliphatic carbocycles. The monoisotopic (exact) mass is 618 g/mol. The molecule has 3 atom stereocenters. The third-order valence-corrected chi connectivity index (χ3v) is 6.64. The highest BCUT2D eigenvalue weighted by molar-refractivity contribution is 14.1. The minimum Gasteiger partial charge on any atom is -0.459 e. The van der Waals surface area contributed by atoms with Crippen molar-refractivity contribution in [1.29, 1.82) is 0 Å². The molecular weight excluding hydrogens is 599 g/mol. The van der Waals surface area contributed by atoms with E-state index in [1.807, 2.05) is 12.1 Å². The van der Waals surface area contributed by atoms with Crippen LogP contribution in [0.2, 0.25) is 5.15 Å². The molecule has 1 fully saturated rings. The zero-order valence-corrected chi connectivity index (χ0v) is 21.7. The number of benzene rings is 2. The Morgan fingerprint density at radius 1 is 1.03 bits per heavy atom. The van der Waals surface area contributed by atoms with Crippen molar-refractivity contribution in [3.63, 3.8) is 0 Å². The van der Waals surface area contributed by atoms with E-state index in [4.69, 9.17) is 25.8 Å². The largest absolute Gasteiger partial charge is 0.459 e. The zero-order chi connectivity index (χ0) is 25.1. The first kappa shape index (κ1) is 24.6. The summed E-state index contributed by atoms with van der Waals surface area (Å²) < 4.78 is 19.9. The lowest BCUT2D eigenvalue weighted by Crippen LogP contribution is -2.32. The van der Waals surface area contributed by atoms with Gasteiger partial charge in [-0.05, 0) is 24.3 Å². The van der Waals surface area contributed by atoms with Crippen LogP contribution in [0.3, 0.4) is 0 Å². The number of alkyl halides is 1. The topological polar surface area (TPSA) is 105 Å². The van der Waals surface area contributed by atoms with Gasteiger partial charge in [0.05, 0.1) is 21.9 Å². The summed E-state index contributed by atoms with van der Waals surface area (Å²) in [5.74, 6) is -0.416. The van der Waals surface area contributed by atoms with Crippen LogP contribution in [-0.2, 0) is 18.6 Å². The van der Waals surface area contributed by atoms with E-state index in [1.165, 1.54) is 0 Å². The van der Waals surface area contributed by atoms with Crippen LogP contribution < -0.4 is 0 Å². The number of fused-ring (bicyclic) bond motifs is 1. The molecule has 5 rings (SSSR count). The van der Waals surface area contributed by atoms with E-state index in [-0.39, 0.29) is 11.8 Å². The van der Waals surface area contributed by atoms with Crippen molar-refractivity contribution in [3.8, 4) is 0 Å². The molecule has 4 aromatic rings. The summed E-state index contributed by atoms with van der Waals surface area (Å²) in [4.78, 5) is 38.4. The number of nitrogens with zero attached hydrogens (tertiary/aromatic N) is 4. The fourth-order valence-electron chi connectivity index (χ4n) is 3.94. The Morgan fingerprint density at radius 2 is 1.69 bits per heavy atom. The minimum atomic E-state index is -0.700. The molecule has 0 bridgehead atoms. The van der Waals surface area contributed by atoms with Crippen LogP contribution in [0.5, 0.6) is 0 Å². The number of halogens is 2. The second kappa shape index (κ2) is 10.9. The molecule has 0 spiro atoms. The molecule has 0 amide bonds. The third kappa shape index (κ3) is 5.20. The Bertz CT molecular complexity index is 1390. The van der Waals surface area contributed by atoms with Crippen LogP contribution in [0, 0.1) is 0 Å². The number of rotatable bonds is 7. The second-order valence-corrected chi connectivity index (χ2v) is 9.15. The highest BCUT2D eigenvalue weighted by Gasteiger charge is 2.40. The molecule has 0 unspecified atom stereocenters. The van der Waals surface area contributed by atoms with Gasteiger partial charge in [0.15, 0.2) is 10.8 Å². The summed E-state index contributed by atoms with van der Waals surface area (Å²) in [6.45, 7) is -0.0989. The van der Waals surface area contributed by atoms with Gasteiger partial charge in [-0.25, -0.2) is 24.5 Å². The summed E-state index contributed by atoms with van der Waals surface area (Å²) in [6, 6.07) is 17.3. The van der Waals surface area contributed by atoms with Gasteiger partial charge in [-0.15, -0.1) is 0 Å². The van der Waals surface area contributed by atoms with Crippen LogP contribution in [-0.4, -0.2) is 50.3 Å². The zero-order valence-electron chi connectivity index (χ0n) is 18.8. The Labute approximate surface area is 224 Å². The standard InChI is InChI=1S/C25H20ClIN4O5/c26-22-21-23(30-19(12-27)29-22)31(14-28-21)20-11-17(36-25(33)16-9-5-2-6-10-16)18(35-20)13-34-24(32)15-7-3-1-4-8-15/h1-10,14,17-18,20H,11-13H2/t17-,18-,20-/m1/s1. The molecule has 36 heavy (non-hydrogen) atoms. The maximum atomic E-state index is 12.8. The van der Waals surface area contributed by atoms with Crippen molar-refractivity contribution in [2.75, 3.05) is 6.61 Å². The highest BCUT2D eigenvalue weighted by atomic mass is 127. The van der Waals surface area contributed by atoms with Gasteiger partial charge >= 0.3 is 11.9 Å². The van der Waals surface area contributed by atoms with Gasteiger partial charge in [0.1, 0.15) is 36.4 Å². The summed E-state index contributed by atoms with van der Waals surface area (Å²) in [5, 5.41) is 0.254. The van der Waals surface area contributed by atoms with Gasteiger partial charge in [0.2, 0.25) is 0 Å². The third-order valence-electron chi connectivity index (χ3n) is 5.69. The van der Waals surface area contributed by atoms with Crippen LogP contribution in [0.1, 0.15) is 39.2 Å². The summed E-state index contributed by atoms with van der Waals surface area (Å²) in [5.41, 5.74) is 1.80. The highest BCUT2D eigenvalue weighted by Crippen LogP contribution is 2.34. The molecule has 0 radical (unpaired) electrons. The Kier molecular flexibility index (Phi) is 7.44. The minimum absolute atomic E-state index is 0.0989. The Morgan fingerprint density at radius 3 is 2.36 bits per heavy atom. The van der Waals surface area contributed by atoms with Gasteiger partial charge in [0, 0.05) is 6.42 Å². The Hall–Kier alpha value is -3.09. The van der Waals surface area contributed by atoms with Crippen LogP contribution >= 0.6 is 34.2 Å². The molecule has 3 heterocycles. The molecule has 1 aliphatic rings. The van der Waals surface area contributed by atoms with E-state index in [0.29, 0.717) is 39.0 Å². The van der Waals surface area contributed by atoms with Crippen LogP contribution in [0.25, 0.3) is 11.2 Å². The maximum Gasteiger partial charge on any atom is 0.338 e. The smallest absolute Gasteiger partial charge is 0.338 e. The van der Waals surface area contributed by atoms with Crippen LogP contribution in [0.15, 0.2) is 67.0 Å². The summed E-state index contributed by atoms with van der Waals surface area (Å²) in [6.07, 6.45) is -0.0728. The van der Waals surface area contributed by atoms with Crippen molar-refractivity contribution in [2.45, 2.75) is 29.3 Å². The quantitative estimate of drug-likeness (QED) is 0.126. The van der Waals surface area contributed by atoms with Gasteiger partial charge in [-0.1, -0.05) is 70.6 Å². The normalized spacial score (nSPS) is 19.3. The molecule has 0 N–H and O–H groups in total. The number of aromatic nitrogens is 4. The maximum absolute atomic E-state index is 12.8. The lowest BCUT2D eigenvalue weighted by molar-refractivity contribution is -0.0563. The average Bonchev–Trinajstić information content (AvgIpc) is 3.52. The molecule has 9 nitrogen and oxygen atoms in total. The number of carbonyl (C=O) groups is 2. The lowest BCUT2D eigenvalue weighted by Gasteiger charge is -2.19. The lowest BCUT2D eigenvalue weighted by atomic mass is 10.1.